The average Bonchev–Trinajstić information content (AvgIpc) is 2.28. The lowest BCUT2D eigenvalue weighted by Crippen LogP contribution is -2.15. The van der Waals surface area contributed by atoms with E-state index in [9.17, 15) is 0 Å². The van der Waals surface area contributed by atoms with E-state index < -0.39 is 6.04 Å². The standard InChI is InChI=1S/C11H14N2O2/c1-15-11-3-2-8(4-5-12)6-9(11)10(13)7-14/h2-3,6,10,14H,4,7,13H2,1H3/t10-/m1/s1. The highest BCUT2D eigenvalue weighted by molar-refractivity contribution is 5.40. The van der Waals surface area contributed by atoms with E-state index in [1.807, 2.05) is 6.07 Å². The molecule has 0 heterocycles. The van der Waals surface area contributed by atoms with Crippen LogP contribution in [0.25, 0.3) is 0 Å². The maximum atomic E-state index is 8.98. The maximum absolute atomic E-state index is 8.98. The number of aliphatic hydroxyl groups is 1. The molecule has 0 aliphatic rings. The van der Waals surface area contributed by atoms with Crippen molar-refractivity contribution in [3.63, 3.8) is 0 Å². The smallest absolute Gasteiger partial charge is 0.123 e. The fourth-order valence-electron chi connectivity index (χ4n) is 1.37. The van der Waals surface area contributed by atoms with Crippen molar-refractivity contribution in [1.29, 1.82) is 5.26 Å². The number of nitrogens with two attached hydrogens (primary N) is 1. The van der Waals surface area contributed by atoms with Crippen molar-refractivity contribution in [3.05, 3.63) is 29.3 Å². The Morgan fingerprint density at radius 1 is 1.60 bits per heavy atom. The van der Waals surface area contributed by atoms with Crippen molar-refractivity contribution in [3.8, 4) is 11.8 Å². The van der Waals surface area contributed by atoms with E-state index in [4.69, 9.17) is 20.8 Å². The van der Waals surface area contributed by atoms with Crippen LogP contribution in [0.15, 0.2) is 18.2 Å². The third-order valence-electron chi connectivity index (χ3n) is 2.17. The van der Waals surface area contributed by atoms with Crippen LogP contribution >= 0.6 is 0 Å². The maximum Gasteiger partial charge on any atom is 0.123 e. The van der Waals surface area contributed by atoms with Crippen molar-refractivity contribution in [2.24, 2.45) is 5.73 Å². The molecule has 15 heavy (non-hydrogen) atoms. The summed E-state index contributed by atoms with van der Waals surface area (Å²) in [5, 5.41) is 17.6. The summed E-state index contributed by atoms with van der Waals surface area (Å²) < 4.78 is 5.13. The van der Waals surface area contributed by atoms with Gasteiger partial charge in [-0.15, -0.1) is 0 Å². The molecule has 0 spiro atoms. The van der Waals surface area contributed by atoms with Crippen LogP contribution in [0.3, 0.4) is 0 Å². The summed E-state index contributed by atoms with van der Waals surface area (Å²) >= 11 is 0. The number of nitrogens with zero attached hydrogens (tertiary/aromatic N) is 1. The summed E-state index contributed by atoms with van der Waals surface area (Å²) in [6.45, 7) is -0.146. The normalized spacial score (nSPS) is 11.9. The first kappa shape index (κ1) is 11.5. The van der Waals surface area contributed by atoms with Gasteiger partial charge in [0.15, 0.2) is 0 Å². The highest BCUT2D eigenvalue weighted by Gasteiger charge is 2.11. The number of methoxy groups -OCH3 is 1. The fourth-order valence-corrected chi connectivity index (χ4v) is 1.37. The molecule has 80 valence electrons. The van der Waals surface area contributed by atoms with Gasteiger partial charge in [-0.05, 0) is 17.7 Å². The summed E-state index contributed by atoms with van der Waals surface area (Å²) in [5.41, 5.74) is 7.32. The van der Waals surface area contributed by atoms with Crippen LogP contribution in [-0.4, -0.2) is 18.8 Å². The molecule has 1 aromatic rings. The van der Waals surface area contributed by atoms with E-state index in [1.54, 1.807) is 19.2 Å². The van der Waals surface area contributed by atoms with Crippen molar-refractivity contribution < 1.29 is 9.84 Å². The van der Waals surface area contributed by atoms with Gasteiger partial charge in [0.1, 0.15) is 5.75 Å². The predicted octanol–water partition coefficient (Wildman–Crippen LogP) is 0.753. The molecule has 0 aromatic heterocycles. The second-order valence-electron chi connectivity index (χ2n) is 3.20. The van der Waals surface area contributed by atoms with Crippen LogP contribution < -0.4 is 10.5 Å². The molecule has 0 saturated heterocycles. The summed E-state index contributed by atoms with van der Waals surface area (Å²) in [5.74, 6) is 0.637. The molecule has 3 N–H and O–H groups in total. The minimum Gasteiger partial charge on any atom is -0.496 e. The lowest BCUT2D eigenvalue weighted by molar-refractivity contribution is 0.264. The molecule has 1 atom stereocenters. The summed E-state index contributed by atoms with van der Waals surface area (Å²) in [6.07, 6.45) is 0.329. The van der Waals surface area contributed by atoms with Gasteiger partial charge in [0.05, 0.1) is 32.2 Å². The highest BCUT2D eigenvalue weighted by Crippen LogP contribution is 2.24. The van der Waals surface area contributed by atoms with Crippen molar-refractivity contribution in [2.45, 2.75) is 12.5 Å². The second-order valence-corrected chi connectivity index (χ2v) is 3.20. The lowest BCUT2D eigenvalue weighted by atomic mass is 10.0. The van der Waals surface area contributed by atoms with E-state index in [1.165, 1.54) is 0 Å². The average molecular weight is 206 g/mol. The lowest BCUT2D eigenvalue weighted by Gasteiger charge is -2.14. The molecule has 0 amide bonds. The Bertz CT molecular complexity index is 371. The predicted molar refractivity (Wildman–Crippen MR) is 56.3 cm³/mol. The molecule has 1 aromatic carbocycles. The van der Waals surface area contributed by atoms with Crippen LogP contribution in [0.5, 0.6) is 5.75 Å². The number of hydrogen-bond donors (Lipinski definition) is 2. The Balaban J connectivity index is 3.08. The van der Waals surface area contributed by atoms with Crippen LogP contribution in [0, 0.1) is 11.3 Å². The Morgan fingerprint density at radius 2 is 2.33 bits per heavy atom. The molecule has 0 saturated carbocycles. The topological polar surface area (TPSA) is 79.3 Å². The molecule has 0 radical (unpaired) electrons. The zero-order valence-corrected chi connectivity index (χ0v) is 8.60. The number of nitriles is 1. The van der Waals surface area contributed by atoms with E-state index in [0.717, 1.165) is 11.1 Å². The molecule has 0 aliphatic heterocycles. The molecule has 4 heteroatoms. The SMILES string of the molecule is COc1ccc(CC#N)cc1[C@H](N)CO. The number of benzene rings is 1. The minimum atomic E-state index is -0.474. The number of rotatable bonds is 4. The molecule has 4 nitrogen and oxygen atoms in total. The van der Waals surface area contributed by atoms with Gasteiger partial charge in [0.25, 0.3) is 0 Å². The molecular weight excluding hydrogens is 192 g/mol. The first-order valence-corrected chi connectivity index (χ1v) is 4.63. The van der Waals surface area contributed by atoms with Crippen LogP contribution in [0.1, 0.15) is 17.2 Å². The zero-order valence-electron chi connectivity index (χ0n) is 8.60. The van der Waals surface area contributed by atoms with E-state index in [0.29, 0.717) is 12.2 Å². The Labute approximate surface area is 88.9 Å². The third kappa shape index (κ3) is 2.69. The van der Waals surface area contributed by atoms with E-state index >= 15 is 0 Å². The van der Waals surface area contributed by atoms with Crippen LogP contribution in [0.2, 0.25) is 0 Å². The fraction of sp³-hybridized carbons (Fsp3) is 0.364. The molecular formula is C11H14N2O2. The Morgan fingerprint density at radius 3 is 2.87 bits per heavy atom. The van der Waals surface area contributed by atoms with Crippen LogP contribution in [-0.2, 0) is 6.42 Å². The van der Waals surface area contributed by atoms with Gasteiger partial charge in [0.2, 0.25) is 0 Å². The minimum absolute atomic E-state index is 0.146. The van der Waals surface area contributed by atoms with Gasteiger partial charge < -0.3 is 15.6 Å². The van der Waals surface area contributed by atoms with E-state index in [2.05, 4.69) is 6.07 Å². The number of aliphatic hydroxyl groups excluding tert-OH is 1. The first-order chi connectivity index (χ1) is 7.22. The van der Waals surface area contributed by atoms with Crippen molar-refractivity contribution in [1.82, 2.24) is 0 Å². The third-order valence-corrected chi connectivity index (χ3v) is 2.17. The van der Waals surface area contributed by atoms with Gasteiger partial charge in [-0.25, -0.2) is 0 Å². The summed E-state index contributed by atoms with van der Waals surface area (Å²) in [7, 11) is 1.55. The molecule has 0 bridgehead atoms. The van der Waals surface area contributed by atoms with Crippen molar-refractivity contribution in [2.75, 3.05) is 13.7 Å². The monoisotopic (exact) mass is 206 g/mol. The zero-order chi connectivity index (χ0) is 11.3. The van der Waals surface area contributed by atoms with Gasteiger partial charge >= 0.3 is 0 Å². The first-order valence-electron chi connectivity index (χ1n) is 4.63. The molecule has 1 rings (SSSR count). The molecule has 0 fully saturated rings. The van der Waals surface area contributed by atoms with Gasteiger partial charge in [-0.1, -0.05) is 6.07 Å². The quantitative estimate of drug-likeness (QED) is 0.762. The Kier molecular flexibility index (Phi) is 4.10. The largest absolute Gasteiger partial charge is 0.496 e. The molecule has 0 unspecified atom stereocenters. The van der Waals surface area contributed by atoms with Crippen molar-refractivity contribution >= 4 is 0 Å². The van der Waals surface area contributed by atoms with Crippen LogP contribution in [0.4, 0.5) is 0 Å². The second kappa shape index (κ2) is 5.35. The highest BCUT2D eigenvalue weighted by atomic mass is 16.5. The van der Waals surface area contributed by atoms with E-state index in [-0.39, 0.29) is 6.61 Å². The van der Waals surface area contributed by atoms with Gasteiger partial charge in [-0.2, -0.15) is 5.26 Å². The van der Waals surface area contributed by atoms with Gasteiger partial charge in [-0.3, -0.25) is 0 Å². The summed E-state index contributed by atoms with van der Waals surface area (Å²) in [6, 6.07) is 6.96. The molecule has 0 aliphatic carbocycles. The number of hydrogen-bond acceptors (Lipinski definition) is 4. The summed E-state index contributed by atoms with van der Waals surface area (Å²) in [4.78, 5) is 0. The van der Waals surface area contributed by atoms with Gasteiger partial charge in [0, 0.05) is 5.56 Å². The number of ether oxygens (including phenoxy) is 1. The Hall–Kier alpha value is -1.57.